The van der Waals surface area contributed by atoms with Crippen LogP contribution in [-0.2, 0) is 0 Å². The van der Waals surface area contributed by atoms with Crippen molar-refractivity contribution in [2.24, 2.45) is 0 Å². The van der Waals surface area contributed by atoms with Crippen molar-refractivity contribution >= 4 is 126 Å². The van der Waals surface area contributed by atoms with Crippen LogP contribution in [0.25, 0.3) is 0 Å². The molecule has 0 unspecified atom stereocenters. The van der Waals surface area contributed by atoms with Gasteiger partial charge in [-0.25, -0.2) is 0 Å². The van der Waals surface area contributed by atoms with E-state index in [0.29, 0.717) is 0 Å². The molecule has 96 valence electrons. The van der Waals surface area contributed by atoms with Crippen molar-refractivity contribution in [3.05, 3.63) is 8.47 Å². The Hall–Kier alpha value is 2.38. The molecular weight excluding hydrogens is 457 g/mol. The lowest BCUT2D eigenvalue weighted by molar-refractivity contribution is 1.56. The third-order valence-corrected chi connectivity index (χ3v) is 22.1. The van der Waals surface area contributed by atoms with E-state index in [9.17, 15) is 0 Å². The van der Waals surface area contributed by atoms with Gasteiger partial charge in [0.05, 0.1) is 8.47 Å². The maximum atomic E-state index is 1.97. The van der Waals surface area contributed by atoms with E-state index < -0.39 is 0 Å². The first-order valence-electron chi connectivity index (χ1n) is 4.20. The van der Waals surface area contributed by atoms with Gasteiger partial charge in [0.25, 0.3) is 0 Å². The monoisotopic (exact) mass is 456 g/mol. The van der Waals surface area contributed by atoms with E-state index in [1.165, 1.54) is 25.3 Å². The highest BCUT2D eigenvalue weighted by atomic mass is 33.4. The van der Waals surface area contributed by atoms with Gasteiger partial charge in [-0.15, -0.1) is 0 Å². The van der Waals surface area contributed by atoms with Gasteiger partial charge in [-0.2, -0.15) is 0 Å². The summed E-state index contributed by atoms with van der Waals surface area (Å²) in [6, 6.07) is 0. The summed E-state index contributed by atoms with van der Waals surface area (Å²) in [5.74, 6) is 0. The standard InChI is InChI=1S/C6S12/c7-1(8-4-3(7)11-15-16-12-4)2-9-5-6(10-2)14-18-17-13-5. The molecule has 0 spiro atoms. The number of hydrogen-bond donors (Lipinski definition) is 0. The van der Waals surface area contributed by atoms with Crippen LogP contribution in [0.3, 0.4) is 0 Å². The Morgan fingerprint density at radius 1 is 0.389 bits per heavy atom. The highest BCUT2D eigenvalue weighted by Crippen LogP contribution is 2.65. The first-order valence-corrected chi connectivity index (χ1v) is 17.1. The minimum atomic E-state index is 1.49. The second-order valence-corrected chi connectivity index (χ2v) is 19.7. The van der Waals surface area contributed by atoms with E-state index in [1.807, 2.05) is 126 Å². The summed E-state index contributed by atoms with van der Waals surface area (Å²) in [5.41, 5.74) is 0. The molecule has 0 saturated carbocycles. The lowest BCUT2D eigenvalue weighted by Crippen LogP contribution is -1.63. The fraction of sp³-hybridized carbons (Fsp3) is 0. The zero-order valence-corrected chi connectivity index (χ0v) is 17.7. The second kappa shape index (κ2) is 6.24. The summed E-state index contributed by atoms with van der Waals surface area (Å²) in [5, 5.41) is 0. The van der Waals surface area contributed by atoms with Crippen LogP contribution in [0.5, 0.6) is 0 Å². The Balaban J connectivity index is 1.70. The van der Waals surface area contributed by atoms with Crippen LogP contribution in [0.2, 0.25) is 0 Å². The van der Waals surface area contributed by atoms with Crippen molar-refractivity contribution < 1.29 is 0 Å². The molecule has 2 aliphatic rings. The zero-order valence-electron chi connectivity index (χ0n) is 7.90. The van der Waals surface area contributed by atoms with Gasteiger partial charge in [0.15, 0.2) is 0 Å². The van der Waals surface area contributed by atoms with Crippen LogP contribution >= 0.6 is 126 Å². The molecule has 0 aromatic carbocycles. The third kappa shape index (κ3) is 2.82. The molecule has 0 fully saturated rings. The quantitative estimate of drug-likeness (QED) is 0.363. The Bertz CT molecular complexity index is 552. The van der Waals surface area contributed by atoms with E-state index in [2.05, 4.69) is 0 Å². The molecule has 18 heavy (non-hydrogen) atoms. The van der Waals surface area contributed by atoms with Gasteiger partial charge < -0.3 is 0 Å². The molecule has 0 aliphatic carbocycles. The molecule has 0 nitrogen and oxygen atoms in total. The van der Waals surface area contributed by atoms with Crippen LogP contribution < -0.4 is 0 Å². The van der Waals surface area contributed by atoms with E-state index in [-0.39, 0.29) is 0 Å². The van der Waals surface area contributed by atoms with Gasteiger partial charge in [0.1, 0.15) is 16.8 Å². The normalized spacial score (nSPS) is 16.9. The maximum absolute atomic E-state index is 1.97. The largest absolute Gasteiger partial charge is 0.102 e. The Kier molecular flexibility index (Phi) is 4.86. The van der Waals surface area contributed by atoms with Gasteiger partial charge in [0, 0.05) is 0 Å². The van der Waals surface area contributed by atoms with Gasteiger partial charge >= 0.3 is 0 Å². The van der Waals surface area contributed by atoms with Crippen LogP contribution in [0.1, 0.15) is 0 Å². The van der Waals surface area contributed by atoms with Gasteiger partial charge in [0.2, 0.25) is 0 Å². The molecule has 0 atom stereocenters. The zero-order chi connectivity index (χ0) is 11.9. The van der Waals surface area contributed by atoms with Gasteiger partial charge in [-0.05, 0) is 37.4 Å². The average molecular weight is 457 g/mol. The SMILES string of the molecule is S1C(=C2Sc3ssssc3S2)Sc2ssssc21. The van der Waals surface area contributed by atoms with Crippen molar-refractivity contribution in [2.75, 3.05) is 0 Å². The molecule has 4 rings (SSSR count). The smallest absolute Gasteiger partial charge is 0.0670 e. The molecule has 0 amide bonds. The Morgan fingerprint density at radius 2 is 0.667 bits per heavy atom. The van der Waals surface area contributed by atoms with Gasteiger partial charge in [-0.3, -0.25) is 0 Å². The summed E-state index contributed by atoms with van der Waals surface area (Å²) < 4.78 is 8.95. The Morgan fingerprint density at radius 3 is 0.944 bits per heavy atom. The number of thioether (sulfide) groups is 4. The lowest BCUT2D eigenvalue weighted by atomic mass is 11.1. The topological polar surface area (TPSA) is 0 Å². The molecular formula is C6S12. The molecule has 0 N–H and O–H groups in total. The van der Waals surface area contributed by atoms with Crippen LogP contribution in [0.4, 0.5) is 0 Å². The predicted octanol–water partition coefficient (Wildman–Crippen LogP) is 8.65. The summed E-state index contributed by atoms with van der Waals surface area (Å²) in [6.45, 7) is 0. The van der Waals surface area contributed by atoms with Gasteiger partial charge in [-0.1, -0.05) is 88.4 Å². The highest BCUT2D eigenvalue weighted by Gasteiger charge is 2.28. The molecule has 0 saturated heterocycles. The number of rotatable bonds is 0. The summed E-state index contributed by atoms with van der Waals surface area (Å²) in [7, 11) is 15.2. The minimum absolute atomic E-state index is 1.49. The fourth-order valence-electron chi connectivity index (χ4n) is 1.10. The molecule has 0 bridgehead atoms. The van der Waals surface area contributed by atoms with E-state index in [0.717, 1.165) is 0 Å². The predicted molar refractivity (Wildman–Crippen MR) is 102 cm³/mol. The summed E-state index contributed by atoms with van der Waals surface area (Å²) in [6.07, 6.45) is 0. The average Bonchev–Trinajstić information content (AvgIpc) is 3.02. The van der Waals surface area contributed by atoms with E-state index in [4.69, 9.17) is 0 Å². The fourth-order valence-corrected chi connectivity index (χ4v) is 23.4. The van der Waals surface area contributed by atoms with E-state index in [1.54, 1.807) is 0 Å². The molecule has 12 heteroatoms. The molecule has 2 aliphatic heterocycles. The van der Waals surface area contributed by atoms with Crippen LogP contribution in [-0.4, -0.2) is 0 Å². The highest BCUT2D eigenvalue weighted by molar-refractivity contribution is 8.34. The minimum Gasteiger partial charge on any atom is -0.0670 e. The van der Waals surface area contributed by atoms with Crippen molar-refractivity contribution in [2.45, 2.75) is 16.8 Å². The first kappa shape index (κ1) is 14.0. The van der Waals surface area contributed by atoms with Crippen molar-refractivity contribution in [3.8, 4) is 0 Å². The third-order valence-electron chi connectivity index (χ3n) is 1.74. The number of hydrogen-bond acceptors (Lipinski definition) is 12. The molecule has 0 radical (unpaired) electrons. The summed E-state index contributed by atoms with van der Waals surface area (Å²) in [4.78, 5) is 0. The molecule has 2 aromatic rings. The molecule has 4 heterocycles. The molecule has 2 aromatic heterocycles. The second-order valence-electron chi connectivity index (χ2n) is 2.74. The first-order chi connectivity index (χ1) is 8.90. The number of fused-ring (bicyclic) bond motifs is 2. The van der Waals surface area contributed by atoms with Crippen LogP contribution in [0.15, 0.2) is 25.3 Å². The van der Waals surface area contributed by atoms with Crippen LogP contribution in [0, 0.1) is 0 Å². The van der Waals surface area contributed by atoms with E-state index >= 15 is 0 Å². The lowest BCUT2D eigenvalue weighted by Gasteiger charge is -1.97. The summed E-state index contributed by atoms with van der Waals surface area (Å²) >= 11 is 7.87. The van der Waals surface area contributed by atoms with Crippen molar-refractivity contribution in [1.29, 1.82) is 0 Å². The Labute approximate surface area is 148 Å². The van der Waals surface area contributed by atoms with Crippen molar-refractivity contribution in [1.82, 2.24) is 0 Å². The van der Waals surface area contributed by atoms with Crippen molar-refractivity contribution in [3.63, 3.8) is 0 Å². The maximum Gasteiger partial charge on any atom is 0.102 e.